The lowest BCUT2D eigenvalue weighted by Crippen LogP contribution is -2.33. The van der Waals surface area contributed by atoms with Crippen molar-refractivity contribution in [1.82, 2.24) is 5.32 Å². The Morgan fingerprint density at radius 3 is 2.39 bits per heavy atom. The second-order valence-corrected chi connectivity index (χ2v) is 5.68. The van der Waals surface area contributed by atoms with Gasteiger partial charge in [0.25, 0.3) is 0 Å². The van der Waals surface area contributed by atoms with Gasteiger partial charge in [-0.15, -0.1) is 0 Å². The molecule has 0 bridgehead atoms. The number of rotatable bonds is 6. The standard InChI is InChI=1S/C19H21NO3/c1-13-8-9-15(14(2)12-13)10-11-17(21)20-18(19(22)23)16-6-4-3-5-7-16/h3-9,12,18H,10-11H2,1-2H3,(H,20,21)(H,22,23)/t18-/m0/s1. The van der Waals surface area contributed by atoms with Crippen molar-refractivity contribution in [1.29, 1.82) is 0 Å². The topological polar surface area (TPSA) is 66.4 Å². The minimum atomic E-state index is -1.06. The van der Waals surface area contributed by atoms with Gasteiger partial charge in [0.2, 0.25) is 5.91 Å². The molecule has 0 unspecified atom stereocenters. The van der Waals surface area contributed by atoms with Gasteiger partial charge in [0, 0.05) is 6.42 Å². The number of carbonyl (C=O) groups is 2. The van der Waals surface area contributed by atoms with Crippen molar-refractivity contribution in [2.24, 2.45) is 0 Å². The van der Waals surface area contributed by atoms with Gasteiger partial charge in [-0.25, -0.2) is 4.79 Å². The highest BCUT2D eigenvalue weighted by atomic mass is 16.4. The number of carbonyl (C=O) groups excluding carboxylic acids is 1. The van der Waals surface area contributed by atoms with Crippen molar-refractivity contribution in [3.05, 3.63) is 70.8 Å². The third-order valence-electron chi connectivity index (χ3n) is 3.80. The first-order chi connectivity index (χ1) is 11.0. The molecule has 1 amide bonds. The van der Waals surface area contributed by atoms with Crippen molar-refractivity contribution in [3.63, 3.8) is 0 Å². The lowest BCUT2D eigenvalue weighted by molar-refractivity contribution is -0.142. The second kappa shape index (κ2) is 7.58. The average molecular weight is 311 g/mol. The highest BCUT2D eigenvalue weighted by Crippen LogP contribution is 2.15. The van der Waals surface area contributed by atoms with Crippen molar-refractivity contribution < 1.29 is 14.7 Å². The fraction of sp³-hybridized carbons (Fsp3) is 0.263. The zero-order valence-electron chi connectivity index (χ0n) is 13.4. The summed E-state index contributed by atoms with van der Waals surface area (Å²) in [5, 5.41) is 11.9. The molecule has 0 radical (unpaired) electrons. The van der Waals surface area contributed by atoms with Crippen LogP contribution >= 0.6 is 0 Å². The van der Waals surface area contributed by atoms with Crippen LogP contribution in [0.2, 0.25) is 0 Å². The lowest BCUT2D eigenvalue weighted by Gasteiger charge is -2.15. The van der Waals surface area contributed by atoms with Crippen molar-refractivity contribution in [2.45, 2.75) is 32.7 Å². The monoisotopic (exact) mass is 311 g/mol. The van der Waals surface area contributed by atoms with Gasteiger partial charge in [0.05, 0.1) is 0 Å². The molecule has 23 heavy (non-hydrogen) atoms. The molecule has 2 N–H and O–H groups in total. The van der Waals surface area contributed by atoms with Crippen LogP contribution in [0.25, 0.3) is 0 Å². The smallest absolute Gasteiger partial charge is 0.330 e. The molecule has 0 saturated heterocycles. The fourth-order valence-corrected chi connectivity index (χ4v) is 2.54. The summed E-state index contributed by atoms with van der Waals surface area (Å²) in [6.45, 7) is 4.05. The minimum absolute atomic E-state index is 0.263. The van der Waals surface area contributed by atoms with E-state index in [0.717, 1.165) is 11.1 Å². The Hall–Kier alpha value is -2.62. The van der Waals surface area contributed by atoms with Crippen LogP contribution < -0.4 is 5.32 Å². The Balaban J connectivity index is 1.98. The molecule has 120 valence electrons. The van der Waals surface area contributed by atoms with Gasteiger partial charge in [0.15, 0.2) is 6.04 Å². The third-order valence-corrected chi connectivity index (χ3v) is 3.80. The Morgan fingerprint density at radius 1 is 1.09 bits per heavy atom. The zero-order valence-corrected chi connectivity index (χ0v) is 13.4. The molecule has 0 fully saturated rings. The quantitative estimate of drug-likeness (QED) is 0.861. The fourth-order valence-electron chi connectivity index (χ4n) is 2.54. The van der Waals surface area contributed by atoms with E-state index in [2.05, 4.69) is 11.4 Å². The lowest BCUT2D eigenvalue weighted by atomic mass is 10.0. The van der Waals surface area contributed by atoms with Gasteiger partial charge in [-0.1, -0.05) is 54.1 Å². The Labute approximate surface area is 136 Å². The van der Waals surface area contributed by atoms with Gasteiger partial charge in [-0.3, -0.25) is 4.79 Å². The molecule has 2 aromatic rings. The van der Waals surface area contributed by atoms with E-state index in [1.165, 1.54) is 5.56 Å². The Morgan fingerprint density at radius 2 is 1.78 bits per heavy atom. The molecular weight excluding hydrogens is 290 g/mol. The highest BCUT2D eigenvalue weighted by Gasteiger charge is 2.21. The number of aliphatic carboxylic acids is 1. The van der Waals surface area contributed by atoms with E-state index in [9.17, 15) is 14.7 Å². The van der Waals surface area contributed by atoms with Gasteiger partial charge in [-0.2, -0.15) is 0 Å². The van der Waals surface area contributed by atoms with Gasteiger partial charge < -0.3 is 10.4 Å². The number of carboxylic acid groups (broad SMARTS) is 1. The van der Waals surface area contributed by atoms with E-state index in [0.29, 0.717) is 12.0 Å². The number of nitrogens with one attached hydrogen (secondary N) is 1. The maximum absolute atomic E-state index is 12.1. The minimum Gasteiger partial charge on any atom is -0.479 e. The van der Waals surface area contributed by atoms with Gasteiger partial charge in [-0.05, 0) is 37.0 Å². The van der Waals surface area contributed by atoms with Crippen LogP contribution in [0.1, 0.15) is 34.7 Å². The average Bonchev–Trinajstić information content (AvgIpc) is 2.52. The molecule has 0 aliphatic heterocycles. The summed E-state index contributed by atoms with van der Waals surface area (Å²) in [5.74, 6) is -1.32. The van der Waals surface area contributed by atoms with E-state index in [1.54, 1.807) is 24.3 Å². The first-order valence-corrected chi connectivity index (χ1v) is 7.60. The SMILES string of the molecule is Cc1ccc(CCC(=O)N[C@H](C(=O)O)c2ccccc2)c(C)c1. The van der Waals surface area contributed by atoms with Crippen LogP contribution in [-0.4, -0.2) is 17.0 Å². The summed E-state index contributed by atoms with van der Waals surface area (Å²) < 4.78 is 0. The van der Waals surface area contributed by atoms with Crippen LogP contribution in [-0.2, 0) is 16.0 Å². The predicted molar refractivity (Wildman–Crippen MR) is 89.2 cm³/mol. The Kier molecular flexibility index (Phi) is 5.52. The molecule has 0 aliphatic carbocycles. The highest BCUT2D eigenvalue weighted by molar-refractivity contribution is 5.84. The molecule has 4 heteroatoms. The molecule has 0 aliphatic rings. The summed E-state index contributed by atoms with van der Waals surface area (Å²) in [4.78, 5) is 23.5. The number of hydrogen-bond acceptors (Lipinski definition) is 2. The van der Waals surface area contributed by atoms with Crippen molar-refractivity contribution in [3.8, 4) is 0 Å². The van der Waals surface area contributed by atoms with E-state index < -0.39 is 12.0 Å². The predicted octanol–water partition coefficient (Wildman–Crippen LogP) is 3.18. The van der Waals surface area contributed by atoms with Crippen LogP contribution in [0.5, 0.6) is 0 Å². The normalized spacial score (nSPS) is 11.7. The Bertz CT molecular complexity index is 695. The maximum atomic E-state index is 12.1. The molecule has 0 heterocycles. The van der Waals surface area contributed by atoms with Crippen LogP contribution in [0.4, 0.5) is 0 Å². The number of benzene rings is 2. The number of carboxylic acids is 1. The third kappa shape index (κ3) is 4.68. The van der Waals surface area contributed by atoms with E-state index in [4.69, 9.17) is 0 Å². The maximum Gasteiger partial charge on any atom is 0.330 e. The van der Waals surface area contributed by atoms with Crippen molar-refractivity contribution in [2.75, 3.05) is 0 Å². The summed E-state index contributed by atoms with van der Waals surface area (Å²) in [7, 11) is 0. The van der Waals surface area contributed by atoms with Gasteiger partial charge >= 0.3 is 5.97 Å². The number of amides is 1. The summed E-state index contributed by atoms with van der Waals surface area (Å²) >= 11 is 0. The molecule has 0 saturated carbocycles. The van der Waals surface area contributed by atoms with Gasteiger partial charge in [0.1, 0.15) is 0 Å². The molecule has 4 nitrogen and oxygen atoms in total. The zero-order chi connectivity index (χ0) is 16.8. The van der Waals surface area contributed by atoms with Crippen molar-refractivity contribution >= 4 is 11.9 Å². The first kappa shape index (κ1) is 16.7. The molecule has 0 spiro atoms. The molecule has 2 rings (SSSR count). The van der Waals surface area contributed by atoms with E-state index in [1.807, 2.05) is 32.0 Å². The summed E-state index contributed by atoms with van der Waals surface area (Å²) in [6.07, 6.45) is 0.861. The van der Waals surface area contributed by atoms with Crippen LogP contribution in [0, 0.1) is 13.8 Å². The summed E-state index contributed by atoms with van der Waals surface area (Å²) in [6, 6.07) is 13.8. The van der Waals surface area contributed by atoms with Crippen LogP contribution in [0.15, 0.2) is 48.5 Å². The number of aryl methyl sites for hydroxylation is 3. The molecule has 1 atom stereocenters. The number of hydrogen-bond donors (Lipinski definition) is 2. The largest absolute Gasteiger partial charge is 0.479 e. The molecule has 0 aromatic heterocycles. The molecule has 2 aromatic carbocycles. The molecular formula is C19H21NO3. The summed E-state index contributed by atoms with van der Waals surface area (Å²) in [5.41, 5.74) is 4.01. The van der Waals surface area contributed by atoms with Crippen LogP contribution in [0.3, 0.4) is 0 Å². The van der Waals surface area contributed by atoms with E-state index >= 15 is 0 Å². The first-order valence-electron chi connectivity index (χ1n) is 7.60. The second-order valence-electron chi connectivity index (χ2n) is 5.68. The van der Waals surface area contributed by atoms with E-state index in [-0.39, 0.29) is 12.3 Å².